The number of anilines is 1. The maximum atomic E-state index is 15.4. The van der Waals surface area contributed by atoms with E-state index in [0.717, 1.165) is 12.1 Å². The van der Waals surface area contributed by atoms with E-state index in [4.69, 9.17) is 10.5 Å². The van der Waals surface area contributed by atoms with E-state index in [-0.39, 0.29) is 30.1 Å². The third-order valence-corrected chi connectivity index (χ3v) is 5.64. The van der Waals surface area contributed by atoms with Crippen LogP contribution in [0.3, 0.4) is 0 Å². The van der Waals surface area contributed by atoms with Crippen LogP contribution in [-0.4, -0.2) is 26.3 Å². The average Bonchev–Trinajstić information content (AvgIpc) is 3.18. The van der Waals surface area contributed by atoms with E-state index in [0.29, 0.717) is 11.2 Å². The van der Waals surface area contributed by atoms with Crippen LogP contribution in [0.25, 0.3) is 16.8 Å². The zero-order valence-corrected chi connectivity index (χ0v) is 18.4. The van der Waals surface area contributed by atoms with Crippen LogP contribution in [-0.2, 0) is 6.18 Å². The van der Waals surface area contributed by atoms with E-state index in [1.807, 2.05) is 0 Å². The molecule has 2 aromatic carbocycles. The molecule has 4 rings (SSSR count). The highest BCUT2D eigenvalue weighted by Crippen LogP contribution is 2.41. The van der Waals surface area contributed by atoms with E-state index < -0.39 is 41.1 Å². The van der Waals surface area contributed by atoms with Crippen molar-refractivity contribution in [2.45, 2.75) is 25.6 Å². The summed E-state index contributed by atoms with van der Waals surface area (Å²) in [5.41, 5.74) is 5.20. The highest BCUT2D eigenvalue weighted by atomic mass is 19.4. The second kappa shape index (κ2) is 9.49. The maximum Gasteiger partial charge on any atom is 0.420 e. The largest absolute Gasteiger partial charge is 0.490 e. The van der Waals surface area contributed by atoms with Crippen molar-refractivity contribution >= 4 is 11.6 Å². The molecule has 11 heteroatoms. The molecule has 0 aliphatic rings. The van der Waals surface area contributed by atoms with Gasteiger partial charge in [0.25, 0.3) is 0 Å². The minimum atomic E-state index is -4.85. The Bertz CT molecular complexity index is 1340. The summed E-state index contributed by atoms with van der Waals surface area (Å²) in [4.78, 5) is 3.97. The van der Waals surface area contributed by atoms with Gasteiger partial charge >= 0.3 is 6.18 Å². The lowest BCUT2D eigenvalue weighted by molar-refractivity contribution is -0.139. The number of aromatic nitrogens is 3. The first-order valence-electron chi connectivity index (χ1n) is 10.6. The molecule has 0 aliphatic heterocycles. The molecule has 0 spiro atoms. The summed E-state index contributed by atoms with van der Waals surface area (Å²) in [6.45, 7) is 1.37. The van der Waals surface area contributed by atoms with Crippen LogP contribution in [0.2, 0.25) is 0 Å². The lowest BCUT2D eigenvalue weighted by Crippen LogP contribution is -2.15. The van der Waals surface area contributed by atoms with Gasteiger partial charge in [-0.25, -0.2) is 13.3 Å². The Hall–Kier alpha value is -3.73. The van der Waals surface area contributed by atoms with Gasteiger partial charge in [-0.3, -0.25) is 0 Å². The SMILES string of the molecule is C[C@@H](CCOc1c(C(F)(F)F)ccc(-c2ccn3nc(N)nc3c2)c1F)C(O)c1ccc(F)cc1. The van der Waals surface area contributed by atoms with E-state index in [2.05, 4.69) is 10.1 Å². The summed E-state index contributed by atoms with van der Waals surface area (Å²) in [6.07, 6.45) is -4.27. The van der Waals surface area contributed by atoms with Gasteiger partial charge in [0, 0.05) is 11.8 Å². The summed E-state index contributed by atoms with van der Waals surface area (Å²) in [5.74, 6) is -3.03. The number of aliphatic hydroxyl groups is 1. The molecule has 0 aliphatic carbocycles. The van der Waals surface area contributed by atoms with Crippen LogP contribution in [0.1, 0.15) is 30.6 Å². The highest BCUT2D eigenvalue weighted by Gasteiger charge is 2.37. The molecule has 35 heavy (non-hydrogen) atoms. The van der Waals surface area contributed by atoms with E-state index >= 15 is 4.39 Å². The van der Waals surface area contributed by atoms with Gasteiger partial charge in [0.05, 0.1) is 12.7 Å². The normalized spacial score (nSPS) is 13.7. The minimum absolute atomic E-state index is 0.00370. The standard InChI is InChI=1S/C24H21F5N4O2/c1-13(21(34)14-2-4-16(25)5-3-14)9-11-35-22-18(24(27,28)29)7-6-17(20(22)26)15-8-10-33-19(12-15)31-23(30)32-33/h2-8,10,12-13,21,34H,9,11H2,1H3,(H2,30,32)/t13-,21?/m0/s1. The number of hydrogen-bond donors (Lipinski definition) is 2. The number of nitrogens with zero attached hydrogens (tertiary/aromatic N) is 3. The van der Waals surface area contributed by atoms with Gasteiger partial charge in [0.2, 0.25) is 5.95 Å². The fourth-order valence-corrected chi connectivity index (χ4v) is 3.70. The molecule has 6 nitrogen and oxygen atoms in total. The monoisotopic (exact) mass is 492 g/mol. The molecule has 1 unspecified atom stereocenters. The van der Waals surface area contributed by atoms with Crippen molar-refractivity contribution in [1.82, 2.24) is 14.6 Å². The van der Waals surface area contributed by atoms with Crippen molar-refractivity contribution < 1.29 is 31.8 Å². The van der Waals surface area contributed by atoms with Crippen molar-refractivity contribution in [3.63, 3.8) is 0 Å². The van der Waals surface area contributed by atoms with Gasteiger partial charge in [0.1, 0.15) is 11.4 Å². The summed E-state index contributed by atoms with van der Waals surface area (Å²) in [6, 6.07) is 9.93. The summed E-state index contributed by atoms with van der Waals surface area (Å²) in [7, 11) is 0. The minimum Gasteiger partial charge on any atom is -0.490 e. The van der Waals surface area contributed by atoms with Crippen molar-refractivity contribution in [1.29, 1.82) is 0 Å². The van der Waals surface area contributed by atoms with Gasteiger partial charge in [0.15, 0.2) is 17.2 Å². The topological polar surface area (TPSA) is 85.7 Å². The molecule has 2 heterocycles. The third-order valence-electron chi connectivity index (χ3n) is 5.64. The molecule has 3 N–H and O–H groups in total. The predicted molar refractivity (Wildman–Crippen MR) is 118 cm³/mol. The molecule has 2 aromatic heterocycles. The summed E-state index contributed by atoms with van der Waals surface area (Å²) >= 11 is 0. The molecule has 0 amide bonds. The Morgan fingerprint density at radius 2 is 1.80 bits per heavy atom. The number of nitrogen functional groups attached to an aromatic ring is 1. The lowest BCUT2D eigenvalue weighted by Gasteiger charge is -2.21. The second-order valence-corrected chi connectivity index (χ2v) is 8.10. The van der Waals surface area contributed by atoms with Crippen molar-refractivity contribution in [3.8, 4) is 16.9 Å². The Kier molecular flexibility index (Phi) is 6.62. The number of nitrogens with two attached hydrogens (primary N) is 1. The molecule has 0 saturated heterocycles. The van der Waals surface area contributed by atoms with Crippen LogP contribution < -0.4 is 10.5 Å². The first kappa shape index (κ1) is 24.4. The highest BCUT2D eigenvalue weighted by molar-refractivity contribution is 5.70. The Balaban J connectivity index is 1.58. The van der Waals surface area contributed by atoms with Crippen molar-refractivity contribution in [2.24, 2.45) is 5.92 Å². The van der Waals surface area contributed by atoms with Gasteiger partial charge in [-0.1, -0.05) is 25.1 Å². The van der Waals surface area contributed by atoms with Crippen LogP contribution in [0.4, 0.5) is 27.9 Å². The van der Waals surface area contributed by atoms with E-state index in [1.54, 1.807) is 6.92 Å². The number of halogens is 5. The van der Waals surface area contributed by atoms with Gasteiger partial charge < -0.3 is 15.6 Å². The zero-order valence-electron chi connectivity index (χ0n) is 18.4. The van der Waals surface area contributed by atoms with Crippen molar-refractivity contribution in [3.05, 3.63) is 77.5 Å². The number of aliphatic hydroxyl groups excluding tert-OH is 1. The fraction of sp³-hybridized carbons (Fsp3) is 0.250. The Morgan fingerprint density at radius 1 is 1.09 bits per heavy atom. The summed E-state index contributed by atoms with van der Waals surface area (Å²) < 4.78 is 75.9. The quantitative estimate of drug-likeness (QED) is 0.337. The smallest absolute Gasteiger partial charge is 0.420 e. The third kappa shape index (κ3) is 5.19. The number of ether oxygens (including phenoxy) is 1. The van der Waals surface area contributed by atoms with Crippen LogP contribution in [0.5, 0.6) is 5.75 Å². The van der Waals surface area contributed by atoms with Gasteiger partial charge in [-0.15, -0.1) is 5.10 Å². The Labute approximate surface area is 196 Å². The molecule has 0 fully saturated rings. The predicted octanol–water partition coefficient (Wildman–Crippen LogP) is 5.41. The molecular formula is C24H21F5N4O2. The molecule has 4 aromatic rings. The van der Waals surface area contributed by atoms with Crippen molar-refractivity contribution in [2.75, 3.05) is 12.3 Å². The van der Waals surface area contributed by atoms with Gasteiger partial charge in [-0.05, 0) is 53.8 Å². The molecule has 0 radical (unpaired) electrons. The number of pyridine rings is 1. The fourth-order valence-electron chi connectivity index (χ4n) is 3.70. The zero-order chi connectivity index (χ0) is 25.3. The van der Waals surface area contributed by atoms with E-state index in [1.165, 1.54) is 47.1 Å². The lowest BCUT2D eigenvalue weighted by atomic mass is 9.95. The number of fused-ring (bicyclic) bond motifs is 1. The number of benzene rings is 2. The molecule has 2 atom stereocenters. The summed E-state index contributed by atoms with van der Waals surface area (Å²) in [5, 5.41) is 14.4. The van der Waals surface area contributed by atoms with Crippen LogP contribution in [0, 0.1) is 17.6 Å². The number of hydrogen-bond acceptors (Lipinski definition) is 5. The molecular weight excluding hydrogens is 471 g/mol. The molecule has 184 valence electrons. The van der Waals surface area contributed by atoms with E-state index in [9.17, 15) is 22.7 Å². The molecule has 0 bridgehead atoms. The Morgan fingerprint density at radius 3 is 2.49 bits per heavy atom. The second-order valence-electron chi connectivity index (χ2n) is 8.10. The van der Waals surface area contributed by atoms with Gasteiger partial charge in [-0.2, -0.15) is 18.2 Å². The molecule has 0 saturated carbocycles. The first-order valence-corrected chi connectivity index (χ1v) is 10.6. The van der Waals surface area contributed by atoms with Crippen LogP contribution in [0.15, 0.2) is 54.7 Å². The average molecular weight is 492 g/mol. The first-order chi connectivity index (χ1) is 16.5. The number of rotatable bonds is 7. The van der Waals surface area contributed by atoms with Crippen LogP contribution >= 0.6 is 0 Å². The maximum absolute atomic E-state index is 15.4. The number of alkyl halides is 3.